The lowest BCUT2D eigenvalue weighted by Gasteiger charge is -2.14. The van der Waals surface area contributed by atoms with Crippen molar-refractivity contribution in [2.75, 3.05) is 6.54 Å². The predicted octanol–water partition coefficient (Wildman–Crippen LogP) is 2.60. The summed E-state index contributed by atoms with van der Waals surface area (Å²) in [4.78, 5) is 4.27. The summed E-state index contributed by atoms with van der Waals surface area (Å²) in [5, 5.41) is 0. The van der Waals surface area contributed by atoms with Crippen molar-refractivity contribution in [1.82, 2.24) is 0 Å². The van der Waals surface area contributed by atoms with Crippen LogP contribution in [0.1, 0.15) is 15.1 Å². The van der Waals surface area contributed by atoms with Crippen molar-refractivity contribution in [2.24, 2.45) is 4.99 Å². The highest BCUT2D eigenvalue weighted by molar-refractivity contribution is 14.1. The SMILES string of the molecule is IC1CN=Cc2ccccc21. The molecule has 0 amide bonds. The first kappa shape index (κ1) is 7.28. The molecule has 1 nitrogen and oxygen atoms in total. The molecular formula is C9H8IN. The number of nitrogens with zero attached hydrogens (tertiary/aromatic N) is 1. The zero-order valence-corrected chi connectivity index (χ0v) is 8.15. The fraction of sp³-hybridized carbons (Fsp3) is 0.222. The molecule has 2 heteroatoms. The number of fused-ring (bicyclic) bond motifs is 1. The summed E-state index contributed by atoms with van der Waals surface area (Å²) in [5.41, 5.74) is 2.70. The first-order valence-electron chi connectivity index (χ1n) is 3.61. The van der Waals surface area contributed by atoms with Crippen molar-refractivity contribution in [2.45, 2.75) is 3.92 Å². The molecule has 1 heterocycles. The van der Waals surface area contributed by atoms with Crippen LogP contribution in [-0.2, 0) is 0 Å². The van der Waals surface area contributed by atoms with Crippen LogP contribution in [-0.4, -0.2) is 12.8 Å². The van der Waals surface area contributed by atoms with E-state index in [4.69, 9.17) is 0 Å². The summed E-state index contributed by atoms with van der Waals surface area (Å²) in [7, 11) is 0. The van der Waals surface area contributed by atoms with Gasteiger partial charge >= 0.3 is 0 Å². The average molecular weight is 257 g/mol. The standard InChI is InChI=1S/C9H8IN/c10-9-6-11-5-7-3-1-2-4-8(7)9/h1-5,9H,6H2. The molecule has 0 aromatic heterocycles. The monoisotopic (exact) mass is 257 g/mol. The molecule has 0 bridgehead atoms. The van der Waals surface area contributed by atoms with E-state index in [1.807, 2.05) is 6.21 Å². The molecule has 0 spiro atoms. The van der Waals surface area contributed by atoms with E-state index in [-0.39, 0.29) is 0 Å². The smallest absolute Gasteiger partial charge is 0.0561 e. The summed E-state index contributed by atoms with van der Waals surface area (Å²) in [5.74, 6) is 0. The van der Waals surface area contributed by atoms with E-state index in [0.717, 1.165) is 6.54 Å². The van der Waals surface area contributed by atoms with Gasteiger partial charge in [-0.25, -0.2) is 0 Å². The Morgan fingerprint density at radius 3 is 3.00 bits per heavy atom. The minimum atomic E-state index is 0.564. The minimum Gasteiger partial charge on any atom is -0.291 e. The molecule has 0 aliphatic carbocycles. The molecular weight excluding hydrogens is 249 g/mol. The van der Waals surface area contributed by atoms with Crippen LogP contribution in [0.25, 0.3) is 0 Å². The second-order valence-corrected chi connectivity index (χ2v) is 4.09. The summed E-state index contributed by atoms with van der Waals surface area (Å²) < 4.78 is 0.564. The third kappa shape index (κ3) is 1.31. The van der Waals surface area contributed by atoms with Crippen LogP contribution >= 0.6 is 22.6 Å². The quantitative estimate of drug-likeness (QED) is 0.500. The maximum absolute atomic E-state index is 4.27. The third-order valence-electron chi connectivity index (χ3n) is 1.83. The zero-order chi connectivity index (χ0) is 7.68. The Labute approximate surface area is 79.7 Å². The van der Waals surface area contributed by atoms with E-state index >= 15 is 0 Å². The minimum absolute atomic E-state index is 0.564. The Hall–Kier alpha value is -0.380. The van der Waals surface area contributed by atoms with E-state index in [9.17, 15) is 0 Å². The van der Waals surface area contributed by atoms with Gasteiger partial charge in [-0.2, -0.15) is 0 Å². The van der Waals surface area contributed by atoms with Gasteiger partial charge in [-0.15, -0.1) is 0 Å². The number of rotatable bonds is 0. The van der Waals surface area contributed by atoms with Gasteiger partial charge in [0.25, 0.3) is 0 Å². The van der Waals surface area contributed by atoms with Crippen LogP contribution in [0.4, 0.5) is 0 Å². The fourth-order valence-corrected chi connectivity index (χ4v) is 2.05. The van der Waals surface area contributed by atoms with Gasteiger partial charge in [-0.3, -0.25) is 4.99 Å². The Kier molecular flexibility index (Phi) is 1.94. The van der Waals surface area contributed by atoms with Crippen LogP contribution in [0.15, 0.2) is 29.3 Å². The maximum Gasteiger partial charge on any atom is 0.0561 e. The van der Waals surface area contributed by atoms with Crippen LogP contribution in [0.5, 0.6) is 0 Å². The fourth-order valence-electron chi connectivity index (χ4n) is 1.26. The van der Waals surface area contributed by atoms with Crippen LogP contribution in [0, 0.1) is 0 Å². The lowest BCUT2D eigenvalue weighted by atomic mass is 10.0. The molecule has 56 valence electrons. The Morgan fingerprint density at radius 2 is 2.18 bits per heavy atom. The summed E-state index contributed by atoms with van der Waals surface area (Å²) in [6, 6.07) is 8.43. The number of halogens is 1. The van der Waals surface area contributed by atoms with Gasteiger partial charge in [0.1, 0.15) is 0 Å². The van der Waals surface area contributed by atoms with Gasteiger partial charge in [0.05, 0.1) is 10.5 Å². The van der Waals surface area contributed by atoms with Gasteiger partial charge in [-0.1, -0.05) is 46.9 Å². The Bertz CT molecular complexity index is 293. The van der Waals surface area contributed by atoms with Crippen LogP contribution in [0.3, 0.4) is 0 Å². The highest BCUT2D eigenvalue weighted by atomic mass is 127. The van der Waals surface area contributed by atoms with Crippen molar-refractivity contribution in [1.29, 1.82) is 0 Å². The molecule has 1 aromatic carbocycles. The maximum atomic E-state index is 4.27. The van der Waals surface area contributed by atoms with Crippen LogP contribution in [0.2, 0.25) is 0 Å². The van der Waals surface area contributed by atoms with E-state index in [1.54, 1.807) is 0 Å². The number of hydrogen-bond donors (Lipinski definition) is 0. The summed E-state index contributed by atoms with van der Waals surface area (Å²) in [6.07, 6.45) is 1.96. The number of hydrogen-bond acceptors (Lipinski definition) is 1. The van der Waals surface area contributed by atoms with Gasteiger partial charge in [0.2, 0.25) is 0 Å². The predicted molar refractivity (Wildman–Crippen MR) is 55.7 cm³/mol. The van der Waals surface area contributed by atoms with Crippen molar-refractivity contribution in [3.8, 4) is 0 Å². The molecule has 2 rings (SSSR count). The third-order valence-corrected chi connectivity index (χ3v) is 2.89. The second kappa shape index (κ2) is 2.93. The largest absolute Gasteiger partial charge is 0.291 e. The molecule has 1 aliphatic heterocycles. The molecule has 0 radical (unpaired) electrons. The molecule has 1 atom stereocenters. The Balaban J connectivity index is 2.54. The molecule has 1 unspecified atom stereocenters. The van der Waals surface area contributed by atoms with E-state index in [0.29, 0.717) is 3.92 Å². The summed E-state index contributed by atoms with van der Waals surface area (Å²) >= 11 is 2.43. The van der Waals surface area contributed by atoms with Crippen molar-refractivity contribution >= 4 is 28.8 Å². The van der Waals surface area contributed by atoms with Crippen molar-refractivity contribution < 1.29 is 0 Å². The molecule has 0 saturated carbocycles. The van der Waals surface area contributed by atoms with E-state index < -0.39 is 0 Å². The highest BCUT2D eigenvalue weighted by Gasteiger charge is 2.12. The molecule has 1 aliphatic rings. The number of aliphatic imine (C=N–C) groups is 1. The first-order valence-corrected chi connectivity index (χ1v) is 4.85. The molecule has 0 saturated heterocycles. The second-order valence-electron chi connectivity index (χ2n) is 2.59. The topological polar surface area (TPSA) is 12.4 Å². The normalized spacial score (nSPS) is 21.4. The zero-order valence-electron chi connectivity index (χ0n) is 6.00. The van der Waals surface area contributed by atoms with Crippen molar-refractivity contribution in [3.05, 3.63) is 35.4 Å². The Morgan fingerprint density at radius 1 is 1.36 bits per heavy atom. The average Bonchev–Trinajstić information content (AvgIpc) is 2.06. The molecule has 11 heavy (non-hydrogen) atoms. The van der Waals surface area contributed by atoms with Crippen LogP contribution < -0.4 is 0 Å². The first-order chi connectivity index (χ1) is 5.38. The lowest BCUT2D eigenvalue weighted by molar-refractivity contribution is 0.958. The molecule has 0 fully saturated rings. The van der Waals surface area contributed by atoms with Gasteiger partial charge in [0, 0.05) is 6.21 Å². The number of alkyl halides is 1. The van der Waals surface area contributed by atoms with Gasteiger partial charge in [-0.05, 0) is 11.1 Å². The van der Waals surface area contributed by atoms with E-state index in [1.165, 1.54) is 11.1 Å². The van der Waals surface area contributed by atoms with E-state index in [2.05, 4.69) is 51.8 Å². The van der Waals surface area contributed by atoms with Gasteiger partial charge < -0.3 is 0 Å². The molecule has 0 N–H and O–H groups in total. The lowest BCUT2D eigenvalue weighted by Crippen LogP contribution is -2.04. The van der Waals surface area contributed by atoms with Gasteiger partial charge in [0.15, 0.2) is 0 Å². The number of benzene rings is 1. The van der Waals surface area contributed by atoms with Crippen molar-refractivity contribution in [3.63, 3.8) is 0 Å². The molecule has 1 aromatic rings. The highest BCUT2D eigenvalue weighted by Crippen LogP contribution is 2.28. The summed E-state index contributed by atoms with van der Waals surface area (Å²) in [6.45, 7) is 0.928.